The van der Waals surface area contributed by atoms with Gasteiger partial charge in [-0.2, -0.15) is 0 Å². The molecule has 0 unspecified atom stereocenters. The average molecular weight is 307 g/mol. The first kappa shape index (κ1) is 16.1. The van der Waals surface area contributed by atoms with Gasteiger partial charge < -0.3 is 19.5 Å². The molecule has 7 nitrogen and oxygen atoms in total. The minimum Gasteiger partial charge on any atom is -0.450 e. The lowest BCUT2D eigenvalue weighted by atomic mass is 10.1. The van der Waals surface area contributed by atoms with Gasteiger partial charge in [0.25, 0.3) is 11.5 Å². The number of carbonyl (C=O) groups is 2. The fourth-order valence-corrected chi connectivity index (χ4v) is 2.58. The number of hydrogen-bond donors (Lipinski definition) is 1. The van der Waals surface area contributed by atoms with Crippen molar-refractivity contribution < 1.29 is 14.3 Å². The molecule has 1 aromatic rings. The van der Waals surface area contributed by atoms with Gasteiger partial charge in [0.1, 0.15) is 5.56 Å². The van der Waals surface area contributed by atoms with Crippen molar-refractivity contribution in [1.29, 1.82) is 0 Å². The Hall–Kier alpha value is -2.31. The number of aromatic amines is 1. The van der Waals surface area contributed by atoms with Gasteiger partial charge in [-0.3, -0.25) is 9.59 Å². The van der Waals surface area contributed by atoms with E-state index >= 15 is 0 Å². The van der Waals surface area contributed by atoms with Gasteiger partial charge in [-0.1, -0.05) is 0 Å². The summed E-state index contributed by atoms with van der Waals surface area (Å²) < 4.78 is 4.94. The third-order valence-corrected chi connectivity index (χ3v) is 3.67. The van der Waals surface area contributed by atoms with Crippen molar-refractivity contribution in [3.05, 3.63) is 33.2 Å². The van der Waals surface area contributed by atoms with Crippen LogP contribution in [0, 0.1) is 13.8 Å². The predicted molar refractivity (Wildman–Crippen MR) is 81.0 cm³/mol. The minimum absolute atomic E-state index is 0.176. The number of nitrogens with zero attached hydrogens (tertiary/aromatic N) is 2. The Morgan fingerprint density at radius 2 is 1.77 bits per heavy atom. The van der Waals surface area contributed by atoms with Crippen molar-refractivity contribution >= 4 is 12.0 Å². The molecule has 1 saturated heterocycles. The van der Waals surface area contributed by atoms with E-state index in [2.05, 4.69) is 4.98 Å². The van der Waals surface area contributed by atoms with Gasteiger partial charge in [-0.05, 0) is 32.4 Å². The summed E-state index contributed by atoms with van der Waals surface area (Å²) in [6, 6.07) is 1.78. The van der Waals surface area contributed by atoms with Crippen LogP contribution in [0.2, 0.25) is 0 Å². The number of nitrogens with one attached hydrogen (secondary N) is 1. The minimum atomic E-state index is -0.365. The molecule has 22 heavy (non-hydrogen) atoms. The summed E-state index contributed by atoms with van der Waals surface area (Å²) in [5.41, 5.74) is 1.20. The van der Waals surface area contributed by atoms with Crippen molar-refractivity contribution in [1.82, 2.24) is 14.8 Å². The van der Waals surface area contributed by atoms with Crippen LogP contribution >= 0.6 is 0 Å². The van der Waals surface area contributed by atoms with Gasteiger partial charge in [0.05, 0.1) is 6.61 Å². The second-order valence-electron chi connectivity index (χ2n) is 5.32. The molecule has 2 rings (SSSR count). The number of aromatic nitrogens is 1. The normalized spacial score (nSPS) is 14.9. The number of ether oxygens (including phenoxy) is 1. The predicted octanol–water partition coefficient (Wildman–Crippen LogP) is 0.906. The number of carbonyl (C=O) groups excluding carboxylic acids is 2. The van der Waals surface area contributed by atoms with Gasteiger partial charge in [0.15, 0.2) is 0 Å². The number of H-pyrrole nitrogens is 1. The van der Waals surface area contributed by atoms with Gasteiger partial charge in [-0.25, -0.2) is 4.79 Å². The van der Waals surface area contributed by atoms with E-state index in [1.54, 1.807) is 36.6 Å². The lowest BCUT2D eigenvalue weighted by Crippen LogP contribution is -2.51. The molecular formula is C15H21N3O4. The van der Waals surface area contributed by atoms with Gasteiger partial charge in [0, 0.05) is 31.9 Å². The van der Waals surface area contributed by atoms with Crippen molar-refractivity contribution in [2.45, 2.75) is 20.8 Å². The van der Waals surface area contributed by atoms with Gasteiger partial charge >= 0.3 is 6.09 Å². The highest BCUT2D eigenvalue weighted by Gasteiger charge is 2.27. The monoisotopic (exact) mass is 307 g/mol. The summed E-state index contributed by atoms with van der Waals surface area (Å²) in [4.78, 5) is 42.0. The molecule has 7 heteroatoms. The van der Waals surface area contributed by atoms with Crippen molar-refractivity contribution in [3.8, 4) is 0 Å². The maximum Gasteiger partial charge on any atom is 0.409 e. The van der Waals surface area contributed by atoms with E-state index in [1.807, 2.05) is 0 Å². The van der Waals surface area contributed by atoms with Crippen LogP contribution in [-0.4, -0.2) is 59.6 Å². The van der Waals surface area contributed by atoms with Crippen LogP contribution in [0.25, 0.3) is 0 Å². The molecule has 1 aromatic heterocycles. The quantitative estimate of drug-likeness (QED) is 0.880. The topological polar surface area (TPSA) is 82.7 Å². The van der Waals surface area contributed by atoms with Crippen molar-refractivity contribution in [2.24, 2.45) is 0 Å². The molecule has 0 aromatic carbocycles. The van der Waals surface area contributed by atoms with Crippen molar-refractivity contribution in [3.63, 3.8) is 0 Å². The SMILES string of the molecule is CCOC(=O)N1CCN(C(=O)c2c(C)cc(C)[nH]c2=O)CC1. The first-order chi connectivity index (χ1) is 10.4. The third-order valence-electron chi connectivity index (χ3n) is 3.67. The molecule has 1 N–H and O–H groups in total. The van der Waals surface area contributed by atoms with Crippen LogP contribution in [0.1, 0.15) is 28.5 Å². The zero-order valence-corrected chi connectivity index (χ0v) is 13.1. The standard InChI is InChI=1S/C15H21N3O4/c1-4-22-15(21)18-7-5-17(6-8-18)14(20)12-10(2)9-11(3)16-13(12)19/h9H,4-8H2,1-3H3,(H,16,19). The molecule has 120 valence electrons. The highest BCUT2D eigenvalue weighted by atomic mass is 16.6. The molecule has 1 aliphatic rings. The Morgan fingerprint density at radius 3 is 2.32 bits per heavy atom. The Labute approximate surface area is 128 Å². The molecule has 0 saturated carbocycles. The van der Waals surface area contributed by atoms with Crippen LogP contribution in [0.4, 0.5) is 4.79 Å². The van der Waals surface area contributed by atoms with Crippen LogP contribution in [0.3, 0.4) is 0 Å². The lowest BCUT2D eigenvalue weighted by Gasteiger charge is -2.34. The molecule has 2 amide bonds. The second kappa shape index (κ2) is 6.64. The molecule has 2 heterocycles. The Bertz CT molecular complexity index is 630. The molecule has 0 spiro atoms. The summed E-state index contributed by atoms with van der Waals surface area (Å²) >= 11 is 0. The van der Waals surface area contributed by atoms with Gasteiger partial charge in [0.2, 0.25) is 0 Å². The number of piperazine rings is 1. The largest absolute Gasteiger partial charge is 0.450 e. The van der Waals surface area contributed by atoms with E-state index in [1.165, 1.54) is 0 Å². The second-order valence-corrected chi connectivity index (χ2v) is 5.32. The summed E-state index contributed by atoms with van der Waals surface area (Å²) in [6.07, 6.45) is -0.362. The molecule has 1 fully saturated rings. The molecular weight excluding hydrogens is 286 g/mol. The summed E-state index contributed by atoms with van der Waals surface area (Å²) in [5, 5.41) is 0. The van der Waals surface area contributed by atoms with E-state index < -0.39 is 0 Å². The number of rotatable bonds is 2. The third kappa shape index (κ3) is 3.29. The van der Waals surface area contributed by atoms with Crippen LogP contribution < -0.4 is 5.56 Å². The Morgan fingerprint density at radius 1 is 1.18 bits per heavy atom. The number of pyridine rings is 1. The van der Waals surface area contributed by atoms with Crippen LogP contribution in [0.15, 0.2) is 10.9 Å². The van der Waals surface area contributed by atoms with E-state index in [9.17, 15) is 14.4 Å². The highest BCUT2D eigenvalue weighted by Crippen LogP contribution is 2.11. The molecule has 0 bridgehead atoms. The first-order valence-corrected chi connectivity index (χ1v) is 7.35. The lowest BCUT2D eigenvalue weighted by molar-refractivity contribution is 0.0568. The smallest absolute Gasteiger partial charge is 0.409 e. The van der Waals surface area contributed by atoms with Crippen molar-refractivity contribution in [2.75, 3.05) is 32.8 Å². The van der Waals surface area contributed by atoms with Gasteiger partial charge in [-0.15, -0.1) is 0 Å². The average Bonchev–Trinajstić information content (AvgIpc) is 2.46. The maximum atomic E-state index is 12.5. The Balaban J connectivity index is 2.07. The fourth-order valence-electron chi connectivity index (χ4n) is 2.58. The first-order valence-electron chi connectivity index (χ1n) is 7.35. The maximum absolute atomic E-state index is 12.5. The summed E-state index contributed by atoms with van der Waals surface area (Å²) in [5.74, 6) is -0.290. The highest BCUT2D eigenvalue weighted by molar-refractivity contribution is 5.95. The van der Waals surface area contributed by atoms with E-state index in [4.69, 9.17) is 4.74 Å². The van der Waals surface area contributed by atoms with E-state index in [0.29, 0.717) is 38.3 Å². The fraction of sp³-hybridized carbons (Fsp3) is 0.533. The van der Waals surface area contributed by atoms with E-state index in [0.717, 1.165) is 5.69 Å². The molecule has 0 aliphatic carbocycles. The summed E-state index contributed by atoms with van der Waals surface area (Å²) in [7, 11) is 0. The molecule has 1 aliphatic heterocycles. The zero-order valence-electron chi connectivity index (χ0n) is 13.1. The number of amides is 2. The van der Waals surface area contributed by atoms with Crippen LogP contribution in [-0.2, 0) is 4.74 Å². The van der Waals surface area contributed by atoms with E-state index in [-0.39, 0.29) is 23.1 Å². The molecule has 0 radical (unpaired) electrons. The summed E-state index contributed by atoms with van der Waals surface area (Å²) in [6.45, 7) is 7.22. The molecule has 0 atom stereocenters. The Kier molecular flexibility index (Phi) is 4.85. The number of aryl methyl sites for hydroxylation is 2. The number of hydrogen-bond acceptors (Lipinski definition) is 4. The van der Waals surface area contributed by atoms with Crippen LogP contribution in [0.5, 0.6) is 0 Å². The zero-order chi connectivity index (χ0) is 16.3.